The fourth-order valence-electron chi connectivity index (χ4n) is 3.61. The molecule has 4 rings (SSSR count). The van der Waals surface area contributed by atoms with Gasteiger partial charge >= 0.3 is 0 Å². The number of ether oxygens (including phenoxy) is 2. The number of hydrogen-bond acceptors (Lipinski definition) is 6. The van der Waals surface area contributed by atoms with Crippen LogP contribution in [0.25, 0.3) is 10.9 Å². The number of aromatic nitrogens is 2. The lowest BCUT2D eigenvalue weighted by atomic mass is 10.2. The highest BCUT2D eigenvalue weighted by atomic mass is 79.9. The summed E-state index contributed by atoms with van der Waals surface area (Å²) in [6.07, 6.45) is 2.90. The number of aryl methyl sites for hydroxylation is 1. The van der Waals surface area contributed by atoms with Crippen molar-refractivity contribution in [3.05, 3.63) is 91.1 Å². The van der Waals surface area contributed by atoms with Crippen LogP contribution in [0.2, 0.25) is 0 Å². The first-order valence-electron chi connectivity index (χ1n) is 11.6. The van der Waals surface area contributed by atoms with Crippen molar-refractivity contribution in [2.24, 2.45) is 5.10 Å². The zero-order valence-electron chi connectivity index (χ0n) is 20.5. The summed E-state index contributed by atoms with van der Waals surface area (Å²) in [7, 11) is 1.48. The lowest BCUT2D eigenvalue weighted by molar-refractivity contribution is -0.118. The summed E-state index contributed by atoms with van der Waals surface area (Å²) in [4.78, 5) is 30.1. The van der Waals surface area contributed by atoms with Crippen molar-refractivity contribution in [1.82, 2.24) is 9.66 Å². The second-order valence-electron chi connectivity index (χ2n) is 8.17. The van der Waals surface area contributed by atoms with E-state index in [2.05, 4.69) is 47.3 Å². The molecule has 4 aromatic rings. The van der Waals surface area contributed by atoms with Crippen molar-refractivity contribution in [3.8, 4) is 11.5 Å². The van der Waals surface area contributed by atoms with Crippen molar-refractivity contribution in [2.45, 2.75) is 19.8 Å². The first-order chi connectivity index (χ1) is 18.3. The molecule has 196 valence electrons. The first-order valence-corrected chi connectivity index (χ1v) is 13.2. The molecule has 0 fully saturated rings. The molecule has 0 saturated carbocycles. The summed E-state index contributed by atoms with van der Waals surface area (Å²) in [5, 5.41) is 7.54. The number of hydrogen-bond donors (Lipinski definition) is 1. The maximum Gasteiger partial charge on any atom is 0.282 e. The van der Waals surface area contributed by atoms with Crippen molar-refractivity contribution < 1.29 is 18.7 Å². The molecule has 1 N–H and O–H groups in total. The van der Waals surface area contributed by atoms with Gasteiger partial charge in [-0.2, -0.15) is 9.78 Å². The summed E-state index contributed by atoms with van der Waals surface area (Å²) in [5.74, 6) is 0.434. The maximum atomic E-state index is 13.2. The summed E-state index contributed by atoms with van der Waals surface area (Å²) >= 11 is 6.90. The van der Waals surface area contributed by atoms with Crippen LogP contribution in [0.1, 0.15) is 24.7 Å². The minimum atomic E-state index is -0.418. The summed E-state index contributed by atoms with van der Waals surface area (Å²) in [5.41, 5.74) is 1.41. The van der Waals surface area contributed by atoms with Crippen molar-refractivity contribution in [2.75, 3.05) is 19.0 Å². The third-order valence-electron chi connectivity index (χ3n) is 5.43. The van der Waals surface area contributed by atoms with Crippen LogP contribution < -0.4 is 20.3 Å². The van der Waals surface area contributed by atoms with E-state index in [1.165, 1.54) is 42.3 Å². The first kappa shape index (κ1) is 27.5. The van der Waals surface area contributed by atoms with Gasteiger partial charge in [-0.1, -0.05) is 22.9 Å². The van der Waals surface area contributed by atoms with Crippen LogP contribution in [-0.4, -0.2) is 35.5 Å². The SMILES string of the molecule is CCCc1nc2ccc(Br)cc2c(=O)n1N=Cc1cc(OC)c(OCC(=O)Nc2ccc(F)cc2)cc1Br. The quantitative estimate of drug-likeness (QED) is 0.228. The third kappa shape index (κ3) is 6.46. The molecular weight excluding hydrogens is 623 g/mol. The Bertz CT molecular complexity index is 1570. The number of rotatable bonds is 9. The normalized spacial score (nSPS) is 11.2. The molecular formula is C27H23Br2FN4O4. The average Bonchev–Trinajstić information content (AvgIpc) is 2.90. The van der Waals surface area contributed by atoms with E-state index in [1.807, 2.05) is 13.0 Å². The summed E-state index contributed by atoms with van der Waals surface area (Å²) in [6.45, 7) is 1.72. The van der Waals surface area contributed by atoms with Crippen molar-refractivity contribution in [3.63, 3.8) is 0 Å². The molecule has 38 heavy (non-hydrogen) atoms. The monoisotopic (exact) mass is 644 g/mol. The van der Waals surface area contributed by atoms with Crippen molar-refractivity contribution in [1.29, 1.82) is 0 Å². The Morgan fingerprint density at radius 3 is 2.61 bits per heavy atom. The number of nitrogens with one attached hydrogen (secondary N) is 1. The van der Waals surface area contributed by atoms with E-state index in [9.17, 15) is 14.0 Å². The second-order valence-corrected chi connectivity index (χ2v) is 9.94. The van der Waals surface area contributed by atoms with E-state index in [-0.39, 0.29) is 12.2 Å². The number of halogens is 3. The number of amides is 1. The number of anilines is 1. The number of benzene rings is 3. The van der Waals surface area contributed by atoms with Crippen LogP contribution in [0.3, 0.4) is 0 Å². The molecule has 11 heteroatoms. The minimum Gasteiger partial charge on any atom is -0.493 e. The Morgan fingerprint density at radius 2 is 1.89 bits per heavy atom. The Morgan fingerprint density at radius 1 is 1.13 bits per heavy atom. The number of nitrogens with zero attached hydrogens (tertiary/aromatic N) is 3. The molecule has 8 nitrogen and oxygen atoms in total. The van der Waals surface area contributed by atoms with Gasteiger partial charge in [-0.3, -0.25) is 9.59 Å². The average molecular weight is 646 g/mol. The van der Waals surface area contributed by atoms with E-state index in [0.29, 0.717) is 50.4 Å². The highest BCUT2D eigenvalue weighted by molar-refractivity contribution is 9.10. The van der Waals surface area contributed by atoms with Gasteiger partial charge in [0.15, 0.2) is 18.1 Å². The molecule has 0 unspecified atom stereocenters. The molecule has 0 bridgehead atoms. The van der Waals surface area contributed by atoms with E-state index >= 15 is 0 Å². The van der Waals surface area contributed by atoms with Gasteiger partial charge in [-0.15, -0.1) is 0 Å². The van der Waals surface area contributed by atoms with E-state index in [0.717, 1.165) is 10.9 Å². The fraction of sp³-hybridized carbons (Fsp3) is 0.185. The molecule has 1 aromatic heterocycles. The molecule has 0 saturated heterocycles. The molecule has 0 spiro atoms. The predicted octanol–water partition coefficient (Wildman–Crippen LogP) is 5.92. The Hall–Kier alpha value is -3.57. The zero-order valence-corrected chi connectivity index (χ0v) is 23.7. The van der Waals surface area contributed by atoms with Gasteiger partial charge in [0.25, 0.3) is 11.5 Å². The van der Waals surface area contributed by atoms with Crippen LogP contribution in [0.5, 0.6) is 11.5 Å². The van der Waals surface area contributed by atoms with Gasteiger partial charge in [-0.05, 0) is 76.9 Å². The van der Waals surface area contributed by atoms with Crippen LogP contribution in [0.15, 0.2) is 73.4 Å². The van der Waals surface area contributed by atoms with Gasteiger partial charge in [0.1, 0.15) is 11.6 Å². The van der Waals surface area contributed by atoms with E-state index in [1.54, 1.807) is 24.3 Å². The molecule has 0 atom stereocenters. The molecule has 1 heterocycles. The van der Waals surface area contributed by atoms with Crippen LogP contribution in [-0.2, 0) is 11.2 Å². The number of carbonyl (C=O) groups is 1. The van der Waals surface area contributed by atoms with Crippen molar-refractivity contribution >= 4 is 60.6 Å². The van der Waals surface area contributed by atoms with Crippen LogP contribution in [0, 0.1) is 5.82 Å². The largest absolute Gasteiger partial charge is 0.493 e. The third-order valence-corrected chi connectivity index (χ3v) is 6.61. The number of fused-ring (bicyclic) bond motifs is 1. The minimum absolute atomic E-state index is 0.272. The summed E-state index contributed by atoms with van der Waals surface area (Å²) in [6, 6.07) is 14.1. The van der Waals surface area contributed by atoms with Crippen LogP contribution in [0.4, 0.5) is 10.1 Å². The number of carbonyl (C=O) groups excluding carboxylic acids is 1. The van der Waals surface area contributed by atoms with E-state index < -0.39 is 11.7 Å². The highest BCUT2D eigenvalue weighted by Crippen LogP contribution is 2.33. The van der Waals surface area contributed by atoms with Gasteiger partial charge in [0, 0.05) is 26.6 Å². The van der Waals surface area contributed by atoms with Gasteiger partial charge < -0.3 is 14.8 Å². The summed E-state index contributed by atoms with van der Waals surface area (Å²) < 4.78 is 26.9. The molecule has 0 aliphatic carbocycles. The maximum absolute atomic E-state index is 13.2. The zero-order chi connectivity index (χ0) is 27.2. The Labute approximate surface area is 234 Å². The van der Waals surface area contributed by atoms with E-state index in [4.69, 9.17) is 9.47 Å². The topological polar surface area (TPSA) is 94.8 Å². The van der Waals surface area contributed by atoms with Gasteiger partial charge in [0.2, 0.25) is 0 Å². The van der Waals surface area contributed by atoms with Gasteiger partial charge in [0.05, 0.1) is 24.2 Å². The molecule has 3 aromatic carbocycles. The van der Waals surface area contributed by atoms with Gasteiger partial charge in [-0.25, -0.2) is 9.37 Å². The van der Waals surface area contributed by atoms with Crippen LogP contribution >= 0.6 is 31.9 Å². The molecule has 0 radical (unpaired) electrons. The highest BCUT2D eigenvalue weighted by Gasteiger charge is 2.14. The lowest BCUT2D eigenvalue weighted by Gasteiger charge is -2.13. The fourth-order valence-corrected chi connectivity index (χ4v) is 4.40. The lowest BCUT2D eigenvalue weighted by Crippen LogP contribution is -2.22. The molecule has 0 aliphatic rings. The smallest absolute Gasteiger partial charge is 0.282 e. The Kier molecular flexibility index (Phi) is 8.90. The predicted molar refractivity (Wildman–Crippen MR) is 152 cm³/mol. The standard InChI is InChI=1S/C27H23Br2FN4O4/c1-3-4-25-33-22-10-5-17(28)12-20(22)27(36)34(25)31-14-16-11-23(37-2)24(13-21(16)29)38-15-26(35)32-19-8-6-18(30)7-9-19/h5-14H,3-4,15H2,1-2H3,(H,32,35). The number of methoxy groups -OCH3 is 1. The molecule has 1 amide bonds. The second kappa shape index (κ2) is 12.3. The Balaban J connectivity index is 1.57. The molecule has 0 aliphatic heterocycles.